The molecule has 0 aliphatic rings. The van der Waals surface area contributed by atoms with Crippen LogP contribution in [-0.4, -0.2) is 0 Å². The van der Waals surface area contributed by atoms with E-state index in [-0.39, 0.29) is 5.63 Å². The molecule has 0 unspecified atom stereocenters. The summed E-state index contributed by atoms with van der Waals surface area (Å²) < 4.78 is 5.39. The lowest BCUT2D eigenvalue weighted by atomic mass is 9.95. The first-order valence-corrected chi connectivity index (χ1v) is 8.73. The van der Waals surface area contributed by atoms with Crippen LogP contribution >= 0.6 is 11.3 Å². The Morgan fingerprint density at radius 2 is 2.04 bits per heavy atom. The van der Waals surface area contributed by atoms with Gasteiger partial charge in [0, 0.05) is 29.4 Å². The summed E-state index contributed by atoms with van der Waals surface area (Å²) in [7, 11) is 0. The van der Waals surface area contributed by atoms with Crippen molar-refractivity contribution >= 4 is 22.3 Å². The van der Waals surface area contributed by atoms with Gasteiger partial charge in [0.25, 0.3) is 0 Å². The SMILES string of the molecule is Cc1cc2oc(=O)cc(CNCc3cccs3)c2cc1C(C)C. The lowest BCUT2D eigenvalue weighted by Gasteiger charge is -2.13. The molecule has 0 radical (unpaired) electrons. The normalized spacial score (nSPS) is 11.5. The summed E-state index contributed by atoms with van der Waals surface area (Å²) in [6.07, 6.45) is 0. The summed E-state index contributed by atoms with van der Waals surface area (Å²) in [5, 5.41) is 6.51. The molecule has 2 heterocycles. The van der Waals surface area contributed by atoms with Crippen molar-refractivity contribution in [1.82, 2.24) is 5.32 Å². The number of nitrogens with one attached hydrogen (secondary N) is 1. The van der Waals surface area contributed by atoms with Gasteiger partial charge in [-0.3, -0.25) is 0 Å². The lowest BCUT2D eigenvalue weighted by Crippen LogP contribution is -2.14. The zero-order valence-electron chi connectivity index (χ0n) is 13.7. The first-order valence-electron chi connectivity index (χ1n) is 7.85. The molecular formula is C19H21NO2S. The lowest BCUT2D eigenvalue weighted by molar-refractivity contribution is 0.556. The summed E-state index contributed by atoms with van der Waals surface area (Å²) in [5.74, 6) is 0.443. The first kappa shape index (κ1) is 16.0. The second-order valence-electron chi connectivity index (χ2n) is 6.13. The average molecular weight is 327 g/mol. The summed E-state index contributed by atoms with van der Waals surface area (Å²) in [5.41, 5.74) is 3.84. The molecule has 0 amide bonds. The van der Waals surface area contributed by atoms with E-state index in [2.05, 4.69) is 43.6 Å². The maximum absolute atomic E-state index is 11.8. The fourth-order valence-electron chi connectivity index (χ4n) is 2.89. The molecule has 0 atom stereocenters. The molecule has 0 fully saturated rings. The molecule has 0 aliphatic heterocycles. The van der Waals surface area contributed by atoms with Crippen LogP contribution in [0.4, 0.5) is 0 Å². The third-order valence-electron chi connectivity index (χ3n) is 4.03. The summed E-state index contributed by atoms with van der Waals surface area (Å²) in [4.78, 5) is 13.1. The van der Waals surface area contributed by atoms with Gasteiger partial charge < -0.3 is 9.73 Å². The molecule has 0 bridgehead atoms. The minimum absolute atomic E-state index is 0.290. The molecule has 0 saturated heterocycles. The van der Waals surface area contributed by atoms with Crippen LogP contribution in [-0.2, 0) is 13.1 Å². The van der Waals surface area contributed by atoms with Gasteiger partial charge in [0.05, 0.1) is 0 Å². The minimum atomic E-state index is -0.290. The van der Waals surface area contributed by atoms with Crippen LogP contribution in [0.25, 0.3) is 11.0 Å². The van der Waals surface area contributed by atoms with Gasteiger partial charge in [-0.15, -0.1) is 11.3 Å². The fraction of sp³-hybridized carbons (Fsp3) is 0.316. The molecule has 1 N–H and O–H groups in total. The third kappa shape index (κ3) is 3.54. The Morgan fingerprint density at radius 3 is 2.74 bits per heavy atom. The van der Waals surface area contributed by atoms with E-state index >= 15 is 0 Å². The van der Waals surface area contributed by atoms with Crippen LogP contribution < -0.4 is 10.9 Å². The molecular weight excluding hydrogens is 306 g/mol. The zero-order chi connectivity index (χ0) is 16.4. The Morgan fingerprint density at radius 1 is 1.22 bits per heavy atom. The van der Waals surface area contributed by atoms with E-state index in [0.29, 0.717) is 18.0 Å². The van der Waals surface area contributed by atoms with Gasteiger partial charge in [-0.05, 0) is 53.1 Å². The van der Waals surface area contributed by atoms with Crippen molar-refractivity contribution in [3.05, 3.63) is 67.7 Å². The smallest absolute Gasteiger partial charge is 0.336 e. The van der Waals surface area contributed by atoms with Gasteiger partial charge in [0.1, 0.15) is 5.58 Å². The number of aryl methyl sites for hydroxylation is 1. The number of fused-ring (bicyclic) bond motifs is 1. The average Bonchev–Trinajstić information content (AvgIpc) is 2.99. The maximum Gasteiger partial charge on any atom is 0.336 e. The van der Waals surface area contributed by atoms with Crippen molar-refractivity contribution in [3.8, 4) is 0 Å². The van der Waals surface area contributed by atoms with Gasteiger partial charge in [0.2, 0.25) is 0 Å². The largest absolute Gasteiger partial charge is 0.423 e. The highest BCUT2D eigenvalue weighted by Gasteiger charge is 2.11. The van der Waals surface area contributed by atoms with Gasteiger partial charge >= 0.3 is 5.63 Å². The summed E-state index contributed by atoms with van der Waals surface area (Å²) in [6, 6.07) is 9.90. The van der Waals surface area contributed by atoms with Crippen LogP contribution in [0.5, 0.6) is 0 Å². The Balaban J connectivity index is 1.94. The van der Waals surface area contributed by atoms with E-state index in [1.165, 1.54) is 16.0 Å². The molecule has 3 nitrogen and oxygen atoms in total. The number of rotatable bonds is 5. The third-order valence-corrected chi connectivity index (χ3v) is 4.91. The molecule has 23 heavy (non-hydrogen) atoms. The molecule has 4 heteroatoms. The van der Waals surface area contributed by atoms with Crippen LogP contribution in [0, 0.1) is 6.92 Å². The van der Waals surface area contributed by atoms with Crippen LogP contribution in [0.3, 0.4) is 0 Å². The maximum atomic E-state index is 11.8. The van der Waals surface area contributed by atoms with Crippen LogP contribution in [0.15, 0.2) is 44.9 Å². The number of benzene rings is 1. The van der Waals surface area contributed by atoms with Gasteiger partial charge in [-0.1, -0.05) is 19.9 Å². The Hall–Kier alpha value is -1.91. The molecule has 2 aromatic heterocycles. The first-order chi connectivity index (χ1) is 11.0. The van der Waals surface area contributed by atoms with Crippen molar-refractivity contribution in [2.75, 3.05) is 0 Å². The van der Waals surface area contributed by atoms with E-state index < -0.39 is 0 Å². The highest BCUT2D eigenvalue weighted by Crippen LogP contribution is 2.26. The molecule has 3 aromatic rings. The second kappa shape index (κ2) is 6.69. The van der Waals surface area contributed by atoms with E-state index in [9.17, 15) is 4.79 Å². The van der Waals surface area contributed by atoms with Crippen molar-refractivity contribution in [3.63, 3.8) is 0 Å². The Kier molecular flexibility index (Phi) is 4.64. The van der Waals surface area contributed by atoms with Crippen molar-refractivity contribution in [2.24, 2.45) is 0 Å². The highest BCUT2D eigenvalue weighted by molar-refractivity contribution is 7.09. The van der Waals surface area contributed by atoms with E-state index in [1.807, 2.05) is 12.1 Å². The molecule has 3 rings (SSSR count). The molecule has 0 spiro atoms. The summed E-state index contributed by atoms with van der Waals surface area (Å²) in [6.45, 7) is 7.89. The van der Waals surface area contributed by atoms with Gasteiger partial charge in [0.15, 0.2) is 0 Å². The van der Waals surface area contributed by atoms with Crippen LogP contribution in [0.1, 0.15) is 41.3 Å². The fourth-order valence-corrected chi connectivity index (χ4v) is 3.57. The number of hydrogen-bond donors (Lipinski definition) is 1. The summed E-state index contributed by atoms with van der Waals surface area (Å²) >= 11 is 1.73. The highest BCUT2D eigenvalue weighted by atomic mass is 32.1. The van der Waals surface area contributed by atoms with Crippen molar-refractivity contribution < 1.29 is 4.42 Å². The molecule has 0 aliphatic carbocycles. The second-order valence-corrected chi connectivity index (χ2v) is 7.17. The molecule has 1 aromatic carbocycles. The van der Waals surface area contributed by atoms with E-state index in [1.54, 1.807) is 17.4 Å². The van der Waals surface area contributed by atoms with E-state index in [4.69, 9.17) is 4.42 Å². The topological polar surface area (TPSA) is 42.2 Å². The standard InChI is InChI=1S/C19H21NO2S/c1-12(2)16-9-17-14(10-20-11-15-5-4-6-23-15)8-19(21)22-18(17)7-13(16)3/h4-9,12,20H,10-11H2,1-3H3. The predicted octanol–water partition coefficient (Wildman–Crippen LogP) is 4.58. The minimum Gasteiger partial charge on any atom is -0.423 e. The van der Waals surface area contributed by atoms with Crippen molar-refractivity contribution in [2.45, 2.75) is 39.8 Å². The Bertz CT molecular complexity index is 863. The Labute approximate surface area is 140 Å². The quantitative estimate of drug-likeness (QED) is 0.698. The molecule has 0 saturated carbocycles. The van der Waals surface area contributed by atoms with Crippen LogP contribution in [0.2, 0.25) is 0 Å². The number of hydrogen-bond acceptors (Lipinski definition) is 4. The zero-order valence-corrected chi connectivity index (χ0v) is 14.5. The number of thiophene rings is 1. The van der Waals surface area contributed by atoms with Crippen molar-refractivity contribution in [1.29, 1.82) is 0 Å². The van der Waals surface area contributed by atoms with Gasteiger partial charge in [-0.2, -0.15) is 0 Å². The van der Waals surface area contributed by atoms with E-state index in [0.717, 1.165) is 17.5 Å². The molecule has 120 valence electrons. The monoisotopic (exact) mass is 327 g/mol. The van der Waals surface area contributed by atoms with Gasteiger partial charge in [-0.25, -0.2) is 4.79 Å². The predicted molar refractivity (Wildman–Crippen MR) is 96.2 cm³/mol.